The van der Waals surface area contributed by atoms with Gasteiger partial charge in [0.15, 0.2) is 6.29 Å². The number of unbranched alkanes of at least 4 members (excludes halogenated alkanes) is 1. The second-order valence-corrected chi connectivity index (χ2v) is 15.7. The molecule has 0 bridgehead atoms. The topological polar surface area (TPSA) is 72.8 Å². The quantitative estimate of drug-likeness (QED) is 0.103. The van der Waals surface area contributed by atoms with Gasteiger partial charge in [-0.15, -0.1) is 0 Å². The first-order chi connectivity index (χ1) is 22.9. The molecule has 47 heavy (non-hydrogen) atoms. The Labute approximate surface area is 289 Å². The third-order valence-electron chi connectivity index (χ3n) is 12.3. The number of carbonyl (C=O) groups excluding carboxylic acids is 1. The van der Waals surface area contributed by atoms with Gasteiger partial charge in [0.05, 0.1) is 12.2 Å². The van der Waals surface area contributed by atoms with Crippen LogP contribution in [-0.4, -0.2) is 29.9 Å². The van der Waals surface area contributed by atoms with E-state index in [2.05, 4.69) is 6.92 Å². The highest BCUT2D eigenvalue weighted by atomic mass is 16.7. The van der Waals surface area contributed by atoms with E-state index in [0.29, 0.717) is 29.9 Å². The molecule has 0 aromatic rings. The highest BCUT2D eigenvalue weighted by molar-refractivity contribution is 6.00. The second kappa shape index (κ2) is 23.1. The highest BCUT2D eigenvalue weighted by Crippen LogP contribution is 2.59. The molecule has 1 N–H and O–H groups in total. The predicted molar refractivity (Wildman–Crippen MR) is 194 cm³/mol. The van der Waals surface area contributed by atoms with E-state index < -0.39 is 23.6 Å². The first-order valence-electron chi connectivity index (χ1n) is 20.7. The summed E-state index contributed by atoms with van der Waals surface area (Å²) < 4.78 is 12.2. The van der Waals surface area contributed by atoms with E-state index in [-0.39, 0.29) is 5.57 Å². The van der Waals surface area contributed by atoms with Crippen LogP contribution in [0.5, 0.6) is 0 Å². The number of carboxylic acids is 1. The Bertz CT molecular complexity index is 814. The van der Waals surface area contributed by atoms with Crippen molar-refractivity contribution in [3.63, 3.8) is 0 Å². The smallest absolute Gasteiger partial charge is 0.337 e. The van der Waals surface area contributed by atoms with E-state index in [1.807, 2.05) is 6.92 Å². The van der Waals surface area contributed by atoms with Crippen LogP contribution in [0.1, 0.15) is 207 Å². The van der Waals surface area contributed by atoms with E-state index >= 15 is 0 Å². The van der Waals surface area contributed by atoms with Crippen molar-refractivity contribution in [2.75, 3.05) is 6.61 Å². The lowest BCUT2D eigenvalue weighted by atomic mass is 9.49. The number of ether oxygens (including phenoxy) is 2. The van der Waals surface area contributed by atoms with E-state index in [0.717, 1.165) is 51.4 Å². The summed E-state index contributed by atoms with van der Waals surface area (Å²) in [5.74, 6) is -0.459. The molecule has 0 saturated heterocycles. The number of hydrogen-bond donors (Lipinski definition) is 1. The molecule has 3 aliphatic carbocycles. The number of esters is 1. The maximum atomic E-state index is 14.9. The number of aliphatic carboxylic acids is 1. The van der Waals surface area contributed by atoms with E-state index in [1.54, 1.807) is 6.92 Å². The molecule has 3 rings (SSSR count). The van der Waals surface area contributed by atoms with Crippen molar-refractivity contribution >= 4 is 11.9 Å². The summed E-state index contributed by atoms with van der Waals surface area (Å²) in [5, 5.41) is 10.8. The largest absolute Gasteiger partial charge is 0.478 e. The first-order valence-corrected chi connectivity index (χ1v) is 20.7. The minimum absolute atomic E-state index is 0.238. The third kappa shape index (κ3) is 12.8. The summed E-state index contributed by atoms with van der Waals surface area (Å²) in [6, 6.07) is 0. The van der Waals surface area contributed by atoms with Crippen LogP contribution in [-0.2, 0) is 19.1 Å². The molecule has 0 aliphatic heterocycles. The van der Waals surface area contributed by atoms with E-state index in [4.69, 9.17) is 9.47 Å². The molecule has 1 unspecified atom stereocenters. The van der Waals surface area contributed by atoms with E-state index in [1.165, 1.54) is 135 Å². The monoisotopic (exact) mass is 659 g/mol. The Balaban J connectivity index is 2.28. The van der Waals surface area contributed by atoms with Crippen molar-refractivity contribution < 1.29 is 24.2 Å². The lowest BCUT2D eigenvalue weighted by Crippen LogP contribution is -2.50. The summed E-state index contributed by atoms with van der Waals surface area (Å²) in [6.45, 7) is 6.22. The number of carbonyl (C=O) groups is 2. The molecular formula is C42H74O5. The molecule has 0 radical (unpaired) electrons. The maximum absolute atomic E-state index is 14.9. The molecule has 0 aromatic carbocycles. The molecule has 5 heteroatoms. The van der Waals surface area contributed by atoms with Crippen molar-refractivity contribution in [2.45, 2.75) is 213 Å². The van der Waals surface area contributed by atoms with Gasteiger partial charge in [0.1, 0.15) is 0 Å². The molecule has 3 fully saturated rings. The van der Waals surface area contributed by atoms with Gasteiger partial charge in [-0.25, -0.2) is 9.59 Å². The zero-order valence-corrected chi connectivity index (χ0v) is 31.1. The van der Waals surface area contributed by atoms with Crippen LogP contribution in [0, 0.1) is 23.2 Å². The van der Waals surface area contributed by atoms with E-state index in [9.17, 15) is 14.7 Å². The first kappa shape index (κ1) is 40.1. The van der Waals surface area contributed by atoms with Crippen LogP contribution in [0.15, 0.2) is 11.1 Å². The van der Waals surface area contributed by atoms with Gasteiger partial charge in [0.2, 0.25) is 0 Å². The Morgan fingerprint density at radius 3 is 1.23 bits per heavy atom. The number of hydrogen-bond acceptors (Lipinski definition) is 4. The van der Waals surface area contributed by atoms with Crippen molar-refractivity contribution in [3.8, 4) is 0 Å². The van der Waals surface area contributed by atoms with Crippen LogP contribution in [0.3, 0.4) is 0 Å². The minimum atomic E-state index is -0.958. The summed E-state index contributed by atoms with van der Waals surface area (Å²) in [4.78, 5) is 28.1. The highest BCUT2D eigenvalue weighted by Gasteiger charge is 2.55. The van der Waals surface area contributed by atoms with Crippen LogP contribution in [0.4, 0.5) is 0 Å². The van der Waals surface area contributed by atoms with Gasteiger partial charge in [-0.1, -0.05) is 148 Å². The van der Waals surface area contributed by atoms with Crippen LogP contribution in [0.2, 0.25) is 0 Å². The molecule has 1 atom stereocenters. The molecule has 5 nitrogen and oxygen atoms in total. The van der Waals surface area contributed by atoms with Gasteiger partial charge in [0, 0.05) is 11.0 Å². The zero-order chi connectivity index (χ0) is 33.7. The fourth-order valence-corrected chi connectivity index (χ4v) is 9.87. The zero-order valence-electron chi connectivity index (χ0n) is 31.1. The summed E-state index contributed by atoms with van der Waals surface area (Å²) in [6.07, 6.45) is 34.0. The third-order valence-corrected chi connectivity index (χ3v) is 12.3. The van der Waals surface area contributed by atoms with Crippen molar-refractivity contribution in [2.24, 2.45) is 23.2 Å². The van der Waals surface area contributed by atoms with Crippen LogP contribution < -0.4 is 0 Å². The van der Waals surface area contributed by atoms with Crippen molar-refractivity contribution in [1.82, 2.24) is 0 Å². The summed E-state index contributed by atoms with van der Waals surface area (Å²) in [7, 11) is 0. The van der Waals surface area contributed by atoms with Gasteiger partial charge < -0.3 is 14.6 Å². The minimum Gasteiger partial charge on any atom is -0.478 e. The van der Waals surface area contributed by atoms with Crippen LogP contribution >= 0.6 is 0 Å². The normalized spacial score (nSPS) is 23.2. The fourth-order valence-electron chi connectivity index (χ4n) is 9.87. The lowest BCUT2D eigenvalue weighted by molar-refractivity contribution is -0.174. The molecule has 0 amide bonds. The van der Waals surface area contributed by atoms with Gasteiger partial charge >= 0.3 is 11.9 Å². The predicted octanol–water partition coefficient (Wildman–Crippen LogP) is 12.5. The SMILES string of the molecule is CCCCOC(C)OC(=O)/C(=C(\C)C(=O)O)C(C1CCCCCCCCC1)(C1CCCCCCCCC1)C1CCCCCCCCC1. The molecule has 3 aliphatic rings. The molecule has 0 heterocycles. The fraction of sp³-hybridized carbons (Fsp3) is 0.905. The van der Waals surface area contributed by atoms with Gasteiger partial charge in [0.25, 0.3) is 0 Å². The average Bonchev–Trinajstić information content (AvgIpc) is 3.07. The molecule has 0 spiro atoms. The van der Waals surface area contributed by atoms with Crippen molar-refractivity contribution in [3.05, 3.63) is 11.1 Å². The summed E-state index contributed by atoms with van der Waals surface area (Å²) in [5.41, 5.74) is 0.296. The Morgan fingerprint density at radius 2 is 0.936 bits per heavy atom. The average molecular weight is 659 g/mol. The lowest BCUT2D eigenvalue weighted by Gasteiger charge is -2.54. The Kier molecular flexibility index (Phi) is 19.7. The summed E-state index contributed by atoms with van der Waals surface area (Å²) >= 11 is 0. The van der Waals surface area contributed by atoms with Crippen LogP contribution in [0.25, 0.3) is 0 Å². The molecule has 0 aromatic heterocycles. The standard InChI is InChI=1S/C42H74O5/c1-4-5-33-46-35(3)47-41(45)39(34(2)40(43)44)42(36-27-21-15-9-6-10-16-22-28-36,37-29-23-17-11-7-12-18-24-30-37)38-31-25-19-13-8-14-20-26-32-38/h35-38H,4-33H2,1-3H3,(H,43,44)/b39-34-. The van der Waals surface area contributed by atoms with Gasteiger partial charge in [-0.05, 0) is 76.5 Å². The molecular weight excluding hydrogens is 584 g/mol. The van der Waals surface area contributed by atoms with Gasteiger partial charge in [-0.2, -0.15) is 0 Å². The van der Waals surface area contributed by atoms with Gasteiger partial charge in [-0.3, -0.25) is 0 Å². The van der Waals surface area contributed by atoms with Crippen molar-refractivity contribution in [1.29, 1.82) is 0 Å². The Morgan fingerprint density at radius 1 is 0.617 bits per heavy atom. The Hall–Kier alpha value is -1.36. The molecule has 272 valence electrons. The number of carboxylic acid groups (broad SMARTS) is 1. The number of rotatable bonds is 11. The maximum Gasteiger partial charge on any atom is 0.337 e. The molecule has 3 saturated carbocycles. The second-order valence-electron chi connectivity index (χ2n) is 15.7.